The van der Waals surface area contributed by atoms with E-state index >= 15 is 0 Å². The molecular formula is C6H9O10P. The van der Waals surface area contributed by atoms with Crippen LogP contribution in [0.1, 0.15) is 0 Å². The van der Waals surface area contributed by atoms with Gasteiger partial charge in [-0.05, 0) is 0 Å². The number of hydrogen-bond donors (Lipinski definition) is 6. The van der Waals surface area contributed by atoms with Gasteiger partial charge in [-0.15, -0.1) is 0 Å². The first-order chi connectivity index (χ1) is 7.63. The third kappa shape index (κ3) is 3.16. The number of hydrogen-bond acceptors (Lipinski definition) is 8. The molecule has 17 heavy (non-hydrogen) atoms. The fraction of sp³-hybridized carbons (Fsp3) is 0.500. The van der Waals surface area contributed by atoms with Gasteiger partial charge in [0.25, 0.3) is 0 Å². The maximum atomic E-state index is 10.7. The molecule has 0 amide bonds. The second-order valence-electron chi connectivity index (χ2n) is 3.04. The summed E-state index contributed by atoms with van der Waals surface area (Å²) in [7, 11) is -5.08. The molecule has 1 aliphatic rings. The summed E-state index contributed by atoms with van der Waals surface area (Å²) in [6, 6.07) is 0. The summed E-state index contributed by atoms with van der Waals surface area (Å²) >= 11 is 0. The van der Waals surface area contributed by atoms with Crippen LogP contribution in [0, 0.1) is 0 Å². The number of aliphatic hydroxyl groups is 4. The van der Waals surface area contributed by atoms with Crippen LogP contribution < -0.4 is 0 Å². The van der Waals surface area contributed by atoms with Gasteiger partial charge >= 0.3 is 13.8 Å². The second kappa shape index (κ2) is 4.61. The van der Waals surface area contributed by atoms with Gasteiger partial charge in [-0.2, -0.15) is 0 Å². The smallest absolute Gasteiger partial charge is 0.472 e. The Morgan fingerprint density at radius 2 is 1.82 bits per heavy atom. The maximum absolute atomic E-state index is 10.7. The third-order valence-corrected chi connectivity index (χ3v) is 2.28. The summed E-state index contributed by atoms with van der Waals surface area (Å²) in [4.78, 5) is 27.4. The van der Waals surface area contributed by atoms with Crippen LogP contribution in [-0.2, 0) is 18.6 Å². The monoisotopic (exact) mass is 272 g/mol. The van der Waals surface area contributed by atoms with Crippen molar-refractivity contribution in [3.05, 3.63) is 11.5 Å². The Kier molecular flexibility index (Phi) is 3.77. The molecule has 6 N–H and O–H groups in total. The highest BCUT2D eigenvalue weighted by Crippen LogP contribution is 2.38. The number of rotatable bonds is 4. The van der Waals surface area contributed by atoms with Crippen LogP contribution in [-0.4, -0.2) is 54.7 Å². The van der Waals surface area contributed by atoms with Crippen LogP contribution in [0.5, 0.6) is 0 Å². The molecule has 1 unspecified atom stereocenters. The molecular weight excluding hydrogens is 263 g/mol. The molecule has 0 aliphatic carbocycles. The van der Waals surface area contributed by atoms with Crippen LogP contribution in [0.4, 0.5) is 0 Å². The van der Waals surface area contributed by atoms with E-state index in [1.54, 1.807) is 0 Å². The van der Waals surface area contributed by atoms with Crippen LogP contribution in [0.25, 0.3) is 0 Å². The summed E-state index contributed by atoms with van der Waals surface area (Å²) in [5.74, 6) is -3.59. The van der Waals surface area contributed by atoms with Gasteiger partial charge in [-0.25, -0.2) is 9.36 Å². The van der Waals surface area contributed by atoms with Crippen molar-refractivity contribution in [3.63, 3.8) is 0 Å². The highest BCUT2D eigenvalue weighted by Gasteiger charge is 2.43. The number of carbonyl (C=O) groups is 1. The average Bonchev–Trinajstić information content (AvgIpc) is 2.42. The molecule has 1 rings (SSSR count). The summed E-state index contributed by atoms with van der Waals surface area (Å²) in [5, 5.41) is 36.3. The van der Waals surface area contributed by atoms with E-state index in [2.05, 4.69) is 9.26 Å². The van der Waals surface area contributed by atoms with Gasteiger partial charge in [0.05, 0.1) is 0 Å². The van der Waals surface area contributed by atoms with E-state index in [0.29, 0.717) is 0 Å². The molecule has 0 aromatic carbocycles. The van der Waals surface area contributed by atoms with Gasteiger partial charge in [0.1, 0.15) is 6.10 Å². The van der Waals surface area contributed by atoms with Gasteiger partial charge in [-0.3, -0.25) is 4.52 Å². The van der Waals surface area contributed by atoms with Crippen molar-refractivity contribution in [3.8, 4) is 0 Å². The first-order valence-electron chi connectivity index (χ1n) is 4.06. The molecule has 0 spiro atoms. The minimum atomic E-state index is -5.08. The number of phosphoric ester groups is 1. The quantitative estimate of drug-likeness (QED) is 0.191. The molecule has 0 radical (unpaired) electrons. The molecule has 3 atom stereocenters. The van der Waals surface area contributed by atoms with Crippen molar-refractivity contribution in [2.24, 2.45) is 0 Å². The van der Waals surface area contributed by atoms with Gasteiger partial charge in [-0.1, -0.05) is 0 Å². The zero-order valence-corrected chi connectivity index (χ0v) is 8.89. The largest absolute Gasteiger partial charge is 0.505 e. The Morgan fingerprint density at radius 3 is 2.18 bits per heavy atom. The number of ether oxygens (including phenoxy) is 1. The van der Waals surface area contributed by atoms with Crippen molar-refractivity contribution in [1.82, 2.24) is 0 Å². The zero-order chi connectivity index (χ0) is 13.4. The molecule has 0 saturated heterocycles. The summed E-state index contributed by atoms with van der Waals surface area (Å²) < 4.78 is 18.3. The van der Waals surface area contributed by atoms with Crippen LogP contribution in [0.15, 0.2) is 11.5 Å². The predicted octanol–water partition coefficient (Wildman–Crippen LogP) is -1.97. The van der Waals surface area contributed by atoms with E-state index in [4.69, 9.17) is 25.1 Å². The van der Waals surface area contributed by atoms with E-state index < -0.39 is 43.8 Å². The molecule has 98 valence electrons. The lowest BCUT2D eigenvalue weighted by molar-refractivity contribution is -0.168. The van der Waals surface area contributed by atoms with Gasteiger partial charge < -0.3 is 34.9 Å². The average molecular weight is 272 g/mol. The van der Waals surface area contributed by atoms with Crippen molar-refractivity contribution < 1.29 is 48.8 Å². The Labute approximate surface area is 93.6 Å². The lowest BCUT2D eigenvalue weighted by atomic mass is 10.1. The van der Waals surface area contributed by atoms with Gasteiger partial charge in [0, 0.05) is 0 Å². The van der Waals surface area contributed by atoms with E-state index in [1.807, 2.05) is 0 Å². The summed E-state index contributed by atoms with van der Waals surface area (Å²) in [5.41, 5.74) is 0. The van der Waals surface area contributed by atoms with E-state index in [1.165, 1.54) is 0 Å². The van der Waals surface area contributed by atoms with Crippen LogP contribution in [0.3, 0.4) is 0 Å². The highest BCUT2D eigenvalue weighted by molar-refractivity contribution is 7.46. The molecule has 0 bridgehead atoms. The molecule has 1 aliphatic heterocycles. The normalized spacial score (nSPS) is 24.7. The van der Waals surface area contributed by atoms with Crippen molar-refractivity contribution in [1.29, 1.82) is 0 Å². The molecule has 0 aromatic heterocycles. The lowest BCUT2D eigenvalue weighted by Crippen LogP contribution is -2.40. The molecule has 1 heterocycles. The van der Waals surface area contributed by atoms with Crippen molar-refractivity contribution >= 4 is 13.8 Å². The van der Waals surface area contributed by atoms with Crippen molar-refractivity contribution in [2.45, 2.75) is 18.5 Å². The summed E-state index contributed by atoms with van der Waals surface area (Å²) in [6.45, 7) is 0. The predicted molar refractivity (Wildman–Crippen MR) is 47.3 cm³/mol. The minimum Gasteiger partial charge on any atom is -0.505 e. The zero-order valence-electron chi connectivity index (χ0n) is 8.00. The van der Waals surface area contributed by atoms with Crippen LogP contribution >= 0.6 is 7.82 Å². The highest BCUT2D eigenvalue weighted by atomic mass is 31.2. The first-order valence-corrected chi connectivity index (χ1v) is 5.59. The number of phosphoric acid groups is 1. The number of carbonyl (C=O) groups excluding carboxylic acids is 1. The Balaban J connectivity index is 2.76. The molecule has 0 saturated carbocycles. The Bertz CT molecular complexity index is 396. The molecule has 11 heteroatoms. The fourth-order valence-electron chi connectivity index (χ4n) is 1.05. The Morgan fingerprint density at radius 1 is 1.29 bits per heavy atom. The SMILES string of the molecule is O=C1O[C@H]([C@@H](O)C(O)OP(=O)(O)O)C(O)=C1O. The third-order valence-electron chi connectivity index (χ3n) is 1.79. The molecule has 0 fully saturated rings. The van der Waals surface area contributed by atoms with Gasteiger partial charge in [0.15, 0.2) is 18.2 Å². The fourth-order valence-corrected chi connectivity index (χ4v) is 1.46. The minimum absolute atomic E-state index is 1.07. The van der Waals surface area contributed by atoms with Crippen LogP contribution in [0.2, 0.25) is 0 Å². The van der Waals surface area contributed by atoms with E-state index in [0.717, 1.165) is 0 Å². The van der Waals surface area contributed by atoms with Crippen molar-refractivity contribution in [2.75, 3.05) is 0 Å². The van der Waals surface area contributed by atoms with Gasteiger partial charge in [0.2, 0.25) is 5.76 Å². The van der Waals surface area contributed by atoms with E-state index in [-0.39, 0.29) is 0 Å². The topological polar surface area (TPSA) is 174 Å². The van der Waals surface area contributed by atoms with E-state index in [9.17, 15) is 14.5 Å². The number of aliphatic hydroxyl groups excluding tert-OH is 4. The standard InChI is InChI=1S/C6H9O10P/c7-1-2(8)5(10)15-4(1)3(9)6(11)16-17(12,13)14/h3-4,6-9,11H,(H2,12,13,14)/t3-,4+,6?/m1/s1. The molecule has 10 nitrogen and oxygen atoms in total. The lowest BCUT2D eigenvalue weighted by Gasteiger charge is -2.22. The number of cyclic esters (lactones) is 1. The Hall–Kier alpha value is -1.16. The first kappa shape index (κ1) is 13.9. The maximum Gasteiger partial charge on any atom is 0.472 e. The number of esters is 1. The summed E-state index contributed by atoms with van der Waals surface area (Å²) in [6.07, 6.45) is -6.48. The second-order valence-corrected chi connectivity index (χ2v) is 4.23. The molecule has 0 aromatic rings.